The molecule has 0 aliphatic carbocycles. The molecule has 0 saturated heterocycles. The summed E-state index contributed by atoms with van der Waals surface area (Å²) in [7, 11) is 0. The van der Waals surface area contributed by atoms with E-state index in [4.69, 9.17) is 10.4 Å². The smallest absolute Gasteiger partial charge is 0.335 e. The van der Waals surface area contributed by atoms with Crippen LogP contribution >= 0.6 is 15.9 Å². The molecule has 0 spiro atoms. The minimum atomic E-state index is -2.83. The third-order valence-electron chi connectivity index (χ3n) is 1.70. The van der Waals surface area contributed by atoms with E-state index in [2.05, 4.69) is 15.9 Å². The summed E-state index contributed by atoms with van der Waals surface area (Å²) < 4.78 is 24.8. The summed E-state index contributed by atoms with van der Waals surface area (Å²) in [6, 6.07) is 3.53. The predicted octanol–water partition coefficient (Wildman–Crippen LogP) is 2.96. The number of hydrogen-bond acceptors (Lipinski definition) is 2. The largest absolute Gasteiger partial charge is 0.478 e. The highest BCUT2D eigenvalue weighted by molar-refractivity contribution is 9.10. The second-order valence-electron chi connectivity index (χ2n) is 2.64. The number of halogens is 3. The zero-order valence-electron chi connectivity index (χ0n) is 7.17. The maximum atomic E-state index is 12.5. The van der Waals surface area contributed by atoms with Crippen molar-refractivity contribution < 1.29 is 18.7 Å². The molecule has 0 bridgehead atoms. The van der Waals surface area contributed by atoms with E-state index in [9.17, 15) is 13.6 Å². The van der Waals surface area contributed by atoms with Crippen LogP contribution in [0.4, 0.5) is 8.78 Å². The van der Waals surface area contributed by atoms with Crippen LogP contribution in [0.3, 0.4) is 0 Å². The fourth-order valence-corrected chi connectivity index (χ4v) is 1.50. The molecule has 0 aliphatic heterocycles. The van der Waals surface area contributed by atoms with Crippen LogP contribution in [0.25, 0.3) is 0 Å². The molecular formula is C9H4BrF2NO2. The third-order valence-corrected chi connectivity index (χ3v) is 2.59. The van der Waals surface area contributed by atoms with E-state index < -0.39 is 18.0 Å². The van der Waals surface area contributed by atoms with Crippen molar-refractivity contribution in [1.82, 2.24) is 0 Å². The highest BCUT2D eigenvalue weighted by Gasteiger charge is 2.18. The molecule has 0 atom stereocenters. The van der Waals surface area contributed by atoms with Crippen LogP contribution < -0.4 is 0 Å². The molecule has 78 valence electrons. The number of carbonyl (C=O) groups is 1. The monoisotopic (exact) mass is 275 g/mol. The molecule has 15 heavy (non-hydrogen) atoms. The van der Waals surface area contributed by atoms with Crippen LogP contribution in [0.1, 0.15) is 27.9 Å². The quantitative estimate of drug-likeness (QED) is 0.903. The second kappa shape index (κ2) is 4.36. The van der Waals surface area contributed by atoms with Gasteiger partial charge < -0.3 is 5.11 Å². The van der Waals surface area contributed by atoms with E-state index in [0.29, 0.717) is 0 Å². The molecule has 0 unspecified atom stereocenters. The summed E-state index contributed by atoms with van der Waals surface area (Å²) in [5, 5.41) is 17.2. The SMILES string of the molecule is N#Cc1cc(C(=O)O)cc(C(F)F)c1Br. The third kappa shape index (κ3) is 2.30. The highest BCUT2D eigenvalue weighted by atomic mass is 79.9. The van der Waals surface area contributed by atoms with Crippen LogP contribution in [0.2, 0.25) is 0 Å². The van der Waals surface area contributed by atoms with Gasteiger partial charge in [-0.1, -0.05) is 0 Å². The van der Waals surface area contributed by atoms with E-state index in [1.165, 1.54) is 0 Å². The van der Waals surface area contributed by atoms with Crippen molar-refractivity contribution in [2.24, 2.45) is 0 Å². The summed E-state index contributed by atoms with van der Waals surface area (Å²) in [6.07, 6.45) is -2.83. The first kappa shape index (κ1) is 11.6. The molecule has 0 radical (unpaired) electrons. The lowest BCUT2D eigenvalue weighted by Gasteiger charge is -2.06. The Hall–Kier alpha value is -1.48. The molecule has 0 aliphatic rings. The first-order chi connectivity index (χ1) is 6.97. The van der Waals surface area contributed by atoms with E-state index in [1.54, 1.807) is 6.07 Å². The van der Waals surface area contributed by atoms with Gasteiger partial charge in [0.1, 0.15) is 6.07 Å². The lowest BCUT2D eigenvalue weighted by molar-refractivity contribution is 0.0696. The topological polar surface area (TPSA) is 61.1 Å². The van der Waals surface area contributed by atoms with Crippen molar-refractivity contribution in [3.8, 4) is 6.07 Å². The van der Waals surface area contributed by atoms with Gasteiger partial charge in [0.15, 0.2) is 0 Å². The molecule has 1 aromatic carbocycles. The molecule has 0 saturated carbocycles. The normalized spacial score (nSPS) is 10.1. The van der Waals surface area contributed by atoms with E-state index >= 15 is 0 Å². The van der Waals surface area contributed by atoms with Gasteiger partial charge in [-0.3, -0.25) is 0 Å². The summed E-state index contributed by atoms with van der Waals surface area (Å²) in [4.78, 5) is 10.6. The fourth-order valence-electron chi connectivity index (χ4n) is 1.01. The Labute approximate surface area is 92.1 Å². The Bertz CT molecular complexity index is 454. The molecule has 0 heterocycles. The zero-order chi connectivity index (χ0) is 11.6. The lowest BCUT2D eigenvalue weighted by atomic mass is 10.1. The van der Waals surface area contributed by atoms with Crippen molar-refractivity contribution in [1.29, 1.82) is 5.26 Å². The van der Waals surface area contributed by atoms with Gasteiger partial charge in [0.2, 0.25) is 0 Å². The number of rotatable bonds is 2. The van der Waals surface area contributed by atoms with Gasteiger partial charge in [0.25, 0.3) is 6.43 Å². The average Bonchev–Trinajstić information content (AvgIpc) is 2.17. The molecule has 0 aromatic heterocycles. The standard InChI is InChI=1S/C9H4BrF2NO2/c10-7-5(3-13)1-4(9(14)15)2-6(7)8(11)12/h1-2,8H,(H,14,15). The van der Waals surface area contributed by atoms with Gasteiger partial charge in [-0.2, -0.15) is 5.26 Å². The summed E-state index contributed by atoms with van der Waals surface area (Å²) in [6.45, 7) is 0. The molecule has 1 rings (SSSR count). The second-order valence-corrected chi connectivity index (χ2v) is 3.44. The number of carboxylic acid groups (broad SMARTS) is 1. The first-order valence-corrected chi connectivity index (χ1v) is 4.51. The molecular weight excluding hydrogens is 272 g/mol. The molecule has 1 aromatic rings. The minimum absolute atomic E-state index is 0.0648. The summed E-state index contributed by atoms with van der Waals surface area (Å²) in [5.41, 5.74) is -0.943. The first-order valence-electron chi connectivity index (χ1n) is 3.72. The van der Waals surface area contributed by atoms with Gasteiger partial charge in [-0.05, 0) is 28.1 Å². The fraction of sp³-hybridized carbons (Fsp3) is 0.111. The van der Waals surface area contributed by atoms with Crippen molar-refractivity contribution in [2.45, 2.75) is 6.43 Å². The Morgan fingerprint density at radius 2 is 2.13 bits per heavy atom. The summed E-state index contributed by atoms with van der Waals surface area (Å²) >= 11 is 2.83. The molecule has 0 amide bonds. The Balaban J connectivity index is 3.47. The van der Waals surface area contributed by atoms with Crippen molar-refractivity contribution in [2.75, 3.05) is 0 Å². The van der Waals surface area contributed by atoms with Gasteiger partial charge in [0, 0.05) is 10.0 Å². The molecule has 6 heteroatoms. The number of alkyl halides is 2. The molecule has 0 fully saturated rings. The van der Waals surface area contributed by atoms with Crippen molar-refractivity contribution in [3.05, 3.63) is 33.3 Å². The Morgan fingerprint density at radius 1 is 1.53 bits per heavy atom. The van der Waals surface area contributed by atoms with Gasteiger partial charge in [0.05, 0.1) is 11.1 Å². The number of aromatic carboxylic acids is 1. The highest BCUT2D eigenvalue weighted by Crippen LogP contribution is 2.31. The predicted molar refractivity (Wildman–Crippen MR) is 50.8 cm³/mol. The number of benzene rings is 1. The van der Waals surface area contributed by atoms with Crippen LogP contribution in [0.15, 0.2) is 16.6 Å². The van der Waals surface area contributed by atoms with Crippen molar-refractivity contribution >= 4 is 21.9 Å². The number of carboxylic acids is 1. The Morgan fingerprint density at radius 3 is 2.53 bits per heavy atom. The average molecular weight is 276 g/mol. The number of nitriles is 1. The number of nitrogens with zero attached hydrogens (tertiary/aromatic N) is 1. The zero-order valence-corrected chi connectivity index (χ0v) is 8.75. The van der Waals surface area contributed by atoms with Crippen LogP contribution in [0.5, 0.6) is 0 Å². The van der Waals surface area contributed by atoms with E-state index in [-0.39, 0.29) is 15.6 Å². The lowest BCUT2D eigenvalue weighted by Crippen LogP contribution is -2.00. The van der Waals surface area contributed by atoms with Crippen molar-refractivity contribution in [3.63, 3.8) is 0 Å². The van der Waals surface area contributed by atoms with Crippen LogP contribution in [-0.4, -0.2) is 11.1 Å². The minimum Gasteiger partial charge on any atom is -0.478 e. The number of hydrogen-bond donors (Lipinski definition) is 1. The maximum absolute atomic E-state index is 12.5. The van der Waals surface area contributed by atoms with E-state index in [1.807, 2.05) is 0 Å². The van der Waals surface area contributed by atoms with Crippen LogP contribution in [0, 0.1) is 11.3 Å². The Kier molecular flexibility index (Phi) is 3.37. The maximum Gasteiger partial charge on any atom is 0.335 e. The van der Waals surface area contributed by atoms with Gasteiger partial charge in [-0.15, -0.1) is 0 Å². The summed E-state index contributed by atoms with van der Waals surface area (Å²) in [5.74, 6) is -1.35. The van der Waals surface area contributed by atoms with Gasteiger partial charge >= 0.3 is 5.97 Å². The molecule has 1 N–H and O–H groups in total. The van der Waals surface area contributed by atoms with Crippen LogP contribution in [-0.2, 0) is 0 Å². The molecule has 3 nitrogen and oxygen atoms in total. The van der Waals surface area contributed by atoms with E-state index in [0.717, 1.165) is 12.1 Å². The van der Waals surface area contributed by atoms with Gasteiger partial charge in [-0.25, -0.2) is 13.6 Å².